The monoisotopic (exact) mass is 302 g/mol. The van der Waals surface area contributed by atoms with E-state index in [4.69, 9.17) is 14.2 Å². The second-order valence-electron chi connectivity index (χ2n) is 3.94. The van der Waals surface area contributed by atoms with Gasteiger partial charge in [-0.2, -0.15) is 0 Å². The molecular weight excluding hydrogens is 286 g/mol. The molecule has 21 heavy (non-hydrogen) atoms. The Morgan fingerprint density at radius 3 is 2.05 bits per heavy atom. The molecule has 0 aliphatic carbocycles. The van der Waals surface area contributed by atoms with Crippen LogP contribution in [0.15, 0.2) is 12.1 Å². The van der Waals surface area contributed by atoms with E-state index in [1.54, 1.807) is 13.8 Å². The molecule has 116 valence electrons. The number of ether oxygens (including phenoxy) is 3. The summed E-state index contributed by atoms with van der Waals surface area (Å²) < 4.78 is 41.6. The van der Waals surface area contributed by atoms with Gasteiger partial charge in [-0.3, -0.25) is 9.59 Å². The van der Waals surface area contributed by atoms with Crippen molar-refractivity contribution in [2.45, 2.75) is 19.8 Å². The number of rotatable bonds is 6. The Labute approximate surface area is 120 Å². The van der Waals surface area contributed by atoms with E-state index < -0.39 is 35.1 Å². The Morgan fingerprint density at radius 1 is 1.10 bits per heavy atom. The first-order chi connectivity index (χ1) is 9.96. The highest BCUT2D eigenvalue weighted by Crippen LogP contribution is 2.32. The number of methoxy groups -OCH3 is 1. The van der Waals surface area contributed by atoms with Gasteiger partial charge in [-0.1, -0.05) is 0 Å². The van der Waals surface area contributed by atoms with Crippen LogP contribution in [0.1, 0.15) is 25.3 Å². The second kappa shape index (κ2) is 7.56. The summed E-state index contributed by atoms with van der Waals surface area (Å²) in [6.07, 6.45) is 0. The van der Waals surface area contributed by atoms with E-state index in [9.17, 15) is 18.4 Å². The van der Waals surface area contributed by atoms with Crippen molar-refractivity contribution in [2.75, 3.05) is 20.3 Å². The molecule has 0 saturated heterocycles. The first kappa shape index (κ1) is 16.9. The smallest absolute Gasteiger partial charge is 0.325 e. The van der Waals surface area contributed by atoms with Gasteiger partial charge >= 0.3 is 11.9 Å². The number of benzene rings is 1. The summed E-state index contributed by atoms with van der Waals surface area (Å²) in [5.41, 5.74) is -0.407. The lowest BCUT2D eigenvalue weighted by Gasteiger charge is -2.18. The summed E-state index contributed by atoms with van der Waals surface area (Å²) in [7, 11) is 1.17. The molecule has 0 N–H and O–H groups in total. The third-order valence-electron chi connectivity index (χ3n) is 2.61. The summed E-state index contributed by atoms with van der Waals surface area (Å²) >= 11 is 0. The quantitative estimate of drug-likeness (QED) is 0.595. The standard InChI is InChI=1S/C14H16F2O5/c1-4-20-13(17)12(14(18)21-5-2)11-9(16)6-8(15)7-10(11)19-3/h6-7,12H,4-5H2,1-3H3. The lowest BCUT2D eigenvalue weighted by atomic mass is 9.97. The zero-order valence-electron chi connectivity index (χ0n) is 11.9. The average Bonchev–Trinajstić information content (AvgIpc) is 2.41. The van der Waals surface area contributed by atoms with Crippen LogP contribution in [-0.4, -0.2) is 32.3 Å². The van der Waals surface area contributed by atoms with E-state index >= 15 is 0 Å². The summed E-state index contributed by atoms with van der Waals surface area (Å²) in [5, 5.41) is 0. The van der Waals surface area contributed by atoms with Crippen molar-refractivity contribution in [3.05, 3.63) is 29.3 Å². The topological polar surface area (TPSA) is 61.8 Å². The van der Waals surface area contributed by atoms with Gasteiger partial charge in [0.15, 0.2) is 5.92 Å². The molecule has 1 aromatic carbocycles. The number of esters is 2. The largest absolute Gasteiger partial charge is 0.496 e. The average molecular weight is 302 g/mol. The van der Waals surface area contributed by atoms with Gasteiger partial charge in [0.25, 0.3) is 0 Å². The van der Waals surface area contributed by atoms with E-state index in [0.29, 0.717) is 6.07 Å². The third-order valence-corrected chi connectivity index (χ3v) is 2.61. The van der Waals surface area contributed by atoms with E-state index in [-0.39, 0.29) is 19.0 Å². The maximum atomic E-state index is 14.0. The Morgan fingerprint density at radius 2 is 1.62 bits per heavy atom. The molecule has 0 saturated carbocycles. The van der Waals surface area contributed by atoms with Gasteiger partial charge < -0.3 is 14.2 Å². The molecule has 0 amide bonds. The van der Waals surface area contributed by atoms with Gasteiger partial charge in [-0.15, -0.1) is 0 Å². The molecule has 0 aliphatic rings. The molecule has 0 heterocycles. The minimum Gasteiger partial charge on any atom is -0.496 e. The minimum atomic E-state index is -1.67. The summed E-state index contributed by atoms with van der Waals surface area (Å²) in [6.45, 7) is 3.08. The van der Waals surface area contributed by atoms with Crippen LogP contribution in [0, 0.1) is 11.6 Å². The van der Waals surface area contributed by atoms with Crippen LogP contribution in [0.5, 0.6) is 5.75 Å². The van der Waals surface area contributed by atoms with Crippen LogP contribution in [-0.2, 0) is 19.1 Å². The maximum absolute atomic E-state index is 14.0. The van der Waals surface area contributed by atoms with E-state index in [2.05, 4.69) is 0 Å². The van der Waals surface area contributed by atoms with Crippen LogP contribution >= 0.6 is 0 Å². The molecule has 0 bridgehead atoms. The predicted molar refractivity (Wildman–Crippen MR) is 68.9 cm³/mol. The zero-order chi connectivity index (χ0) is 16.0. The van der Waals surface area contributed by atoms with Gasteiger partial charge in [-0.05, 0) is 13.8 Å². The molecule has 0 spiro atoms. The van der Waals surface area contributed by atoms with Gasteiger partial charge in [0, 0.05) is 12.1 Å². The van der Waals surface area contributed by atoms with Crippen molar-refractivity contribution in [3.63, 3.8) is 0 Å². The fourth-order valence-corrected chi connectivity index (χ4v) is 1.79. The molecule has 0 aromatic heterocycles. The Bertz CT molecular complexity index is 512. The van der Waals surface area contributed by atoms with Crippen molar-refractivity contribution in [2.24, 2.45) is 0 Å². The molecule has 1 aromatic rings. The van der Waals surface area contributed by atoms with Crippen LogP contribution in [0.3, 0.4) is 0 Å². The van der Waals surface area contributed by atoms with Gasteiger partial charge in [0.05, 0.1) is 25.9 Å². The van der Waals surface area contributed by atoms with E-state index in [1.165, 1.54) is 7.11 Å². The molecule has 0 fully saturated rings. The lowest BCUT2D eigenvalue weighted by Crippen LogP contribution is -2.27. The number of hydrogen-bond acceptors (Lipinski definition) is 5. The molecular formula is C14H16F2O5. The highest BCUT2D eigenvalue weighted by Gasteiger charge is 2.36. The first-order valence-corrected chi connectivity index (χ1v) is 6.32. The number of carbonyl (C=O) groups is 2. The third kappa shape index (κ3) is 3.90. The SMILES string of the molecule is CCOC(=O)C(C(=O)OCC)c1c(F)cc(F)cc1OC. The van der Waals surface area contributed by atoms with E-state index in [1.807, 2.05) is 0 Å². The van der Waals surface area contributed by atoms with Crippen LogP contribution in [0.2, 0.25) is 0 Å². The van der Waals surface area contributed by atoms with Crippen molar-refractivity contribution in [3.8, 4) is 5.75 Å². The van der Waals surface area contributed by atoms with Crippen molar-refractivity contribution in [1.82, 2.24) is 0 Å². The summed E-state index contributed by atoms with van der Waals surface area (Å²) in [6, 6.07) is 1.44. The van der Waals surface area contributed by atoms with Crippen molar-refractivity contribution >= 4 is 11.9 Å². The first-order valence-electron chi connectivity index (χ1n) is 6.32. The van der Waals surface area contributed by atoms with Gasteiger partial charge in [0.1, 0.15) is 17.4 Å². The van der Waals surface area contributed by atoms with Crippen molar-refractivity contribution < 1.29 is 32.6 Å². The number of carbonyl (C=O) groups excluding carboxylic acids is 2. The fourth-order valence-electron chi connectivity index (χ4n) is 1.79. The molecule has 5 nitrogen and oxygen atoms in total. The van der Waals surface area contributed by atoms with Crippen LogP contribution < -0.4 is 4.74 Å². The molecule has 0 radical (unpaired) electrons. The van der Waals surface area contributed by atoms with Crippen molar-refractivity contribution in [1.29, 1.82) is 0 Å². The van der Waals surface area contributed by atoms with Crippen LogP contribution in [0.25, 0.3) is 0 Å². The Kier molecular flexibility index (Phi) is 6.08. The molecule has 0 unspecified atom stereocenters. The van der Waals surface area contributed by atoms with Crippen LogP contribution in [0.4, 0.5) is 8.78 Å². The Hall–Kier alpha value is -2.18. The molecule has 7 heteroatoms. The number of halogens is 2. The molecule has 0 aliphatic heterocycles. The zero-order valence-corrected chi connectivity index (χ0v) is 11.9. The maximum Gasteiger partial charge on any atom is 0.325 e. The van der Waals surface area contributed by atoms with E-state index in [0.717, 1.165) is 6.07 Å². The predicted octanol–water partition coefficient (Wildman–Crippen LogP) is 2.18. The lowest BCUT2D eigenvalue weighted by molar-refractivity contribution is -0.157. The second-order valence-corrected chi connectivity index (χ2v) is 3.94. The van der Waals surface area contributed by atoms with Gasteiger partial charge in [-0.25, -0.2) is 8.78 Å². The summed E-state index contributed by atoms with van der Waals surface area (Å²) in [5.74, 6) is -5.88. The highest BCUT2D eigenvalue weighted by atomic mass is 19.1. The van der Waals surface area contributed by atoms with Gasteiger partial charge in [0.2, 0.25) is 0 Å². The fraction of sp³-hybridized carbons (Fsp3) is 0.429. The normalized spacial score (nSPS) is 10.4. The Balaban J connectivity index is 3.38. The molecule has 0 atom stereocenters. The summed E-state index contributed by atoms with van der Waals surface area (Å²) in [4.78, 5) is 23.9. The molecule has 1 rings (SSSR count). The highest BCUT2D eigenvalue weighted by molar-refractivity contribution is 6.01. The minimum absolute atomic E-state index is 0.000131. The number of hydrogen-bond donors (Lipinski definition) is 0.